The minimum atomic E-state index is -0.507. The Morgan fingerprint density at radius 1 is 1.04 bits per heavy atom. The molecular weight excluding hydrogens is 394 g/mol. The van der Waals surface area contributed by atoms with E-state index in [9.17, 15) is 4.79 Å². The number of para-hydroxylation sites is 1. The normalized spacial score (nSPS) is 19.9. The number of rotatable bonds is 3. The highest BCUT2D eigenvalue weighted by Crippen LogP contribution is 2.22. The van der Waals surface area contributed by atoms with Gasteiger partial charge in [0.2, 0.25) is 6.10 Å². The summed E-state index contributed by atoms with van der Waals surface area (Å²) in [5, 5.41) is 4.14. The highest BCUT2D eigenvalue weighted by Gasteiger charge is 2.33. The number of benzene rings is 2. The van der Waals surface area contributed by atoms with Crippen molar-refractivity contribution < 1.29 is 9.63 Å². The van der Waals surface area contributed by atoms with Crippen molar-refractivity contribution in [2.75, 3.05) is 31.1 Å². The Hall–Kier alpha value is -2.34. The molecule has 1 amide bonds. The predicted octanol–water partition coefficient (Wildman–Crippen LogP) is 3.29. The Kier molecular flexibility index (Phi) is 4.93. The molecule has 0 N–H and O–H groups in total. The second-order valence-corrected chi connectivity index (χ2v) is 7.41. The monoisotopic (exact) mass is 413 g/mol. The number of hydrogen-bond donors (Lipinski definition) is 0. The number of halogens is 1. The first-order chi connectivity index (χ1) is 12.7. The summed E-state index contributed by atoms with van der Waals surface area (Å²) in [5.41, 5.74) is 3.02. The summed E-state index contributed by atoms with van der Waals surface area (Å²) in [4.78, 5) is 22.4. The number of piperazine rings is 1. The maximum atomic E-state index is 12.8. The van der Waals surface area contributed by atoms with Gasteiger partial charge in [0.15, 0.2) is 0 Å². The van der Waals surface area contributed by atoms with Crippen LogP contribution in [-0.4, -0.2) is 48.8 Å². The molecule has 2 aromatic rings. The van der Waals surface area contributed by atoms with Crippen LogP contribution in [0.25, 0.3) is 0 Å². The van der Waals surface area contributed by atoms with E-state index in [1.165, 1.54) is 5.69 Å². The van der Waals surface area contributed by atoms with Crippen molar-refractivity contribution in [3.05, 3.63) is 64.6 Å². The number of hydrogen-bond acceptors (Lipinski definition) is 4. The van der Waals surface area contributed by atoms with Crippen LogP contribution in [0.3, 0.4) is 0 Å². The van der Waals surface area contributed by atoms with Gasteiger partial charge in [0.05, 0.1) is 5.71 Å². The molecule has 0 radical (unpaired) electrons. The van der Waals surface area contributed by atoms with E-state index in [1.54, 1.807) is 0 Å². The lowest BCUT2D eigenvalue weighted by Crippen LogP contribution is -2.51. The van der Waals surface area contributed by atoms with Gasteiger partial charge in [-0.05, 0) is 24.3 Å². The molecule has 0 aromatic heterocycles. The van der Waals surface area contributed by atoms with E-state index in [1.807, 2.05) is 47.4 Å². The molecular formula is C20H20BrN3O2. The van der Waals surface area contributed by atoms with Gasteiger partial charge in [-0.25, -0.2) is 0 Å². The number of anilines is 1. The van der Waals surface area contributed by atoms with Crippen LogP contribution in [0.15, 0.2) is 64.2 Å². The standard InChI is InChI=1S/C20H20BrN3O2/c21-16-6-4-5-15(13-16)18-14-19(26-22-18)20(25)24-11-9-23(10-12-24)17-7-2-1-3-8-17/h1-8,13,19H,9-12,14H2/t19-/m0/s1. The Bertz CT molecular complexity index is 817. The Morgan fingerprint density at radius 3 is 2.54 bits per heavy atom. The molecule has 0 saturated carbocycles. The first kappa shape index (κ1) is 17.1. The van der Waals surface area contributed by atoms with Gasteiger partial charge in [-0.15, -0.1) is 0 Å². The van der Waals surface area contributed by atoms with Crippen molar-refractivity contribution in [2.24, 2.45) is 5.16 Å². The maximum Gasteiger partial charge on any atom is 0.267 e. The molecule has 2 aromatic carbocycles. The molecule has 0 spiro atoms. The van der Waals surface area contributed by atoms with Gasteiger partial charge < -0.3 is 14.6 Å². The SMILES string of the molecule is O=C([C@@H]1CC(c2cccc(Br)c2)=NO1)N1CCN(c2ccccc2)CC1. The van der Waals surface area contributed by atoms with E-state index < -0.39 is 6.10 Å². The number of nitrogens with zero attached hydrogens (tertiary/aromatic N) is 3. The van der Waals surface area contributed by atoms with Crippen LogP contribution < -0.4 is 4.90 Å². The van der Waals surface area contributed by atoms with E-state index in [0.29, 0.717) is 19.5 Å². The van der Waals surface area contributed by atoms with Gasteiger partial charge in [0.25, 0.3) is 5.91 Å². The van der Waals surface area contributed by atoms with Crippen molar-refractivity contribution in [1.82, 2.24) is 4.90 Å². The van der Waals surface area contributed by atoms with Gasteiger partial charge in [-0.1, -0.05) is 51.4 Å². The minimum Gasteiger partial charge on any atom is -0.382 e. The number of carbonyl (C=O) groups is 1. The quantitative estimate of drug-likeness (QED) is 0.775. The average Bonchev–Trinajstić information content (AvgIpc) is 3.18. The fourth-order valence-corrected chi connectivity index (χ4v) is 3.78. The lowest BCUT2D eigenvalue weighted by atomic mass is 10.0. The molecule has 5 nitrogen and oxygen atoms in total. The van der Waals surface area contributed by atoms with Gasteiger partial charge in [-0.2, -0.15) is 0 Å². The van der Waals surface area contributed by atoms with Crippen molar-refractivity contribution >= 4 is 33.2 Å². The van der Waals surface area contributed by atoms with Gasteiger partial charge in [0, 0.05) is 48.3 Å². The smallest absolute Gasteiger partial charge is 0.267 e. The molecule has 1 fully saturated rings. The third kappa shape index (κ3) is 3.60. The topological polar surface area (TPSA) is 45.1 Å². The van der Waals surface area contributed by atoms with Crippen molar-refractivity contribution in [1.29, 1.82) is 0 Å². The molecule has 1 atom stereocenters. The van der Waals surface area contributed by atoms with Crippen molar-refractivity contribution in [2.45, 2.75) is 12.5 Å². The van der Waals surface area contributed by atoms with E-state index in [2.05, 4.69) is 38.1 Å². The van der Waals surface area contributed by atoms with E-state index in [4.69, 9.17) is 4.84 Å². The minimum absolute atomic E-state index is 0.0338. The molecule has 2 aliphatic rings. The fourth-order valence-electron chi connectivity index (χ4n) is 3.38. The summed E-state index contributed by atoms with van der Waals surface area (Å²) in [6.07, 6.45) is 0.0148. The zero-order chi connectivity index (χ0) is 17.9. The van der Waals surface area contributed by atoms with Gasteiger partial charge in [0.1, 0.15) is 0 Å². The lowest BCUT2D eigenvalue weighted by molar-refractivity contribution is -0.142. The largest absolute Gasteiger partial charge is 0.382 e. The van der Waals surface area contributed by atoms with E-state index in [0.717, 1.165) is 28.8 Å². The van der Waals surface area contributed by atoms with Crippen LogP contribution >= 0.6 is 15.9 Å². The summed E-state index contributed by atoms with van der Waals surface area (Å²) in [6.45, 7) is 3.09. The van der Waals surface area contributed by atoms with E-state index >= 15 is 0 Å². The van der Waals surface area contributed by atoms with Crippen LogP contribution in [0.1, 0.15) is 12.0 Å². The van der Waals surface area contributed by atoms with Crippen molar-refractivity contribution in [3.63, 3.8) is 0 Å². The summed E-state index contributed by atoms with van der Waals surface area (Å²) >= 11 is 3.47. The predicted molar refractivity (Wildman–Crippen MR) is 105 cm³/mol. The molecule has 0 aliphatic carbocycles. The summed E-state index contributed by atoms with van der Waals surface area (Å²) in [7, 11) is 0. The first-order valence-electron chi connectivity index (χ1n) is 8.78. The number of oxime groups is 1. The molecule has 1 saturated heterocycles. The maximum absolute atomic E-state index is 12.8. The number of carbonyl (C=O) groups excluding carboxylic acids is 1. The van der Waals surface area contributed by atoms with Crippen LogP contribution in [0.5, 0.6) is 0 Å². The highest BCUT2D eigenvalue weighted by molar-refractivity contribution is 9.10. The summed E-state index contributed by atoms with van der Waals surface area (Å²) in [5.74, 6) is 0.0338. The molecule has 0 bridgehead atoms. The first-order valence-corrected chi connectivity index (χ1v) is 9.57. The molecule has 2 aliphatic heterocycles. The van der Waals surface area contributed by atoms with Crippen LogP contribution in [0.2, 0.25) is 0 Å². The lowest BCUT2D eigenvalue weighted by Gasteiger charge is -2.36. The summed E-state index contributed by atoms with van der Waals surface area (Å²) < 4.78 is 0.990. The Morgan fingerprint density at radius 2 is 1.81 bits per heavy atom. The molecule has 134 valence electrons. The Labute approximate surface area is 161 Å². The third-order valence-electron chi connectivity index (χ3n) is 4.81. The molecule has 2 heterocycles. The van der Waals surface area contributed by atoms with Crippen LogP contribution in [0, 0.1) is 0 Å². The number of amides is 1. The summed E-state index contributed by atoms with van der Waals surface area (Å²) in [6, 6.07) is 18.2. The molecule has 4 rings (SSSR count). The fraction of sp³-hybridized carbons (Fsp3) is 0.300. The molecule has 26 heavy (non-hydrogen) atoms. The third-order valence-corrected chi connectivity index (χ3v) is 5.31. The second kappa shape index (κ2) is 7.50. The van der Waals surface area contributed by atoms with E-state index in [-0.39, 0.29) is 5.91 Å². The molecule has 0 unspecified atom stereocenters. The van der Waals surface area contributed by atoms with Crippen molar-refractivity contribution in [3.8, 4) is 0 Å². The zero-order valence-electron chi connectivity index (χ0n) is 14.3. The Balaban J connectivity index is 1.34. The van der Waals surface area contributed by atoms with Crippen LogP contribution in [-0.2, 0) is 9.63 Å². The van der Waals surface area contributed by atoms with Gasteiger partial charge in [-0.3, -0.25) is 4.79 Å². The van der Waals surface area contributed by atoms with Crippen LogP contribution in [0.4, 0.5) is 5.69 Å². The second-order valence-electron chi connectivity index (χ2n) is 6.49. The van der Waals surface area contributed by atoms with Gasteiger partial charge >= 0.3 is 0 Å². The molecule has 6 heteroatoms. The average molecular weight is 414 g/mol. The zero-order valence-corrected chi connectivity index (χ0v) is 15.9. The highest BCUT2D eigenvalue weighted by atomic mass is 79.9.